The van der Waals surface area contributed by atoms with Crippen molar-refractivity contribution in [2.24, 2.45) is 11.7 Å². The maximum Gasteiger partial charge on any atom is 0.303 e. The molecule has 0 saturated carbocycles. The van der Waals surface area contributed by atoms with Crippen molar-refractivity contribution in [2.45, 2.75) is 38.8 Å². The number of aliphatic carboxylic acids is 1. The summed E-state index contributed by atoms with van der Waals surface area (Å²) >= 11 is 0. The molecule has 0 aromatic heterocycles. The van der Waals surface area contributed by atoms with Gasteiger partial charge in [-0.05, 0) is 12.3 Å². The van der Waals surface area contributed by atoms with Crippen LogP contribution in [0.25, 0.3) is 0 Å². The van der Waals surface area contributed by atoms with Crippen molar-refractivity contribution < 1.29 is 15.0 Å². The van der Waals surface area contributed by atoms with E-state index in [9.17, 15) is 9.90 Å². The van der Waals surface area contributed by atoms with Crippen LogP contribution in [0.15, 0.2) is 0 Å². The molecule has 0 saturated heterocycles. The van der Waals surface area contributed by atoms with Gasteiger partial charge in [-0.2, -0.15) is 0 Å². The molecule has 0 unspecified atom stereocenters. The molecule has 0 bridgehead atoms. The third kappa shape index (κ3) is 4.31. The first kappa shape index (κ1) is 11.4. The Balaban J connectivity index is 3.71. The third-order valence-corrected chi connectivity index (χ3v) is 1.81. The van der Waals surface area contributed by atoms with E-state index in [1.165, 1.54) is 0 Å². The summed E-state index contributed by atoms with van der Waals surface area (Å²) in [7, 11) is 0. The van der Waals surface area contributed by atoms with Gasteiger partial charge in [-0.15, -0.1) is 0 Å². The van der Waals surface area contributed by atoms with Gasteiger partial charge in [0.25, 0.3) is 0 Å². The van der Waals surface area contributed by atoms with Crippen molar-refractivity contribution in [1.82, 2.24) is 0 Å². The number of aliphatic hydroxyl groups is 1. The summed E-state index contributed by atoms with van der Waals surface area (Å²) in [5, 5.41) is 17.7. The van der Waals surface area contributed by atoms with Gasteiger partial charge >= 0.3 is 5.97 Å². The lowest BCUT2D eigenvalue weighted by Gasteiger charge is -2.21. The highest BCUT2D eigenvalue weighted by molar-refractivity contribution is 5.66. The maximum absolute atomic E-state index is 10.2. The highest BCUT2D eigenvalue weighted by Gasteiger charge is 2.18. The molecular formula is C8H17NO3. The number of hydrogen-bond donors (Lipinski definition) is 3. The van der Waals surface area contributed by atoms with E-state index in [4.69, 9.17) is 10.8 Å². The normalized spacial score (nSPS) is 16.1. The molecule has 4 heteroatoms. The first-order chi connectivity index (χ1) is 5.45. The zero-order valence-electron chi connectivity index (χ0n) is 7.53. The minimum Gasteiger partial charge on any atom is -0.481 e. The van der Waals surface area contributed by atoms with E-state index in [0.29, 0.717) is 6.42 Å². The Morgan fingerprint density at radius 1 is 1.50 bits per heavy atom. The Labute approximate surface area is 72.4 Å². The van der Waals surface area contributed by atoms with Gasteiger partial charge in [-0.3, -0.25) is 4.79 Å². The Kier molecular flexibility index (Phi) is 4.85. The Hall–Kier alpha value is -0.610. The number of rotatable bonds is 5. The van der Waals surface area contributed by atoms with Crippen molar-refractivity contribution in [3.05, 3.63) is 0 Å². The standard InChI is InChI=1S/C8H17NO3/c1-5(2)8(12)6(9)3-4-7(10)11/h5-6,8,12H,3-4,9H2,1-2H3,(H,10,11)/t6-,8-/m1/s1. The van der Waals surface area contributed by atoms with Gasteiger partial charge in [0, 0.05) is 12.5 Å². The SMILES string of the molecule is CC(C)[C@@H](O)[C@H](N)CCC(=O)O. The van der Waals surface area contributed by atoms with Crippen LogP contribution in [0.2, 0.25) is 0 Å². The summed E-state index contributed by atoms with van der Waals surface area (Å²) in [5.41, 5.74) is 5.55. The predicted molar refractivity (Wildman–Crippen MR) is 45.7 cm³/mol. The van der Waals surface area contributed by atoms with E-state index in [1.807, 2.05) is 13.8 Å². The molecule has 0 aliphatic carbocycles. The van der Waals surface area contributed by atoms with Crippen molar-refractivity contribution in [2.75, 3.05) is 0 Å². The van der Waals surface area contributed by atoms with Crippen LogP contribution in [0.5, 0.6) is 0 Å². The number of hydrogen-bond acceptors (Lipinski definition) is 3. The summed E-state index contributed by atoms with van der Waals surface area (Å²) in [6.45, 7) is 3.70. The second kappa shape index (κ2) is 5.11. The van der Waals surface area contributed by atoms with Crippen molar-refractivity contribution in [3.8, 4) is 0 Å². The molecule has 0 spiro atoms. The molecule has 4 N–H and O–H groups in total. The van der Waals surface area contributed by atoms with Crippen LogP contribution in [-0.4, -0.2) is 28.3 Å². The summed E-state index contributed by atoms with van der Waals surface area (Å²) < 4.78 is 0. The van der Waals surface area contributed by atoms with Crippen molar-refractivity contribution in [3.63, 3.8) is 0 Å². The van der Waals surface area contributed by atoms with E-state index in [1.54, 1.807) is 0 Å². The zero-order chi connectivity index (χ0) is 9.72. The monoisotopic (exact) mass is 175 g/mol. The second-order valence-corrected chi connectivity index (χ2v) is 3.33. The average Bonchev–Trinajstić information content (AvgIpc) is 1.98. The van der Waals surface area contributed by atoms with E-state index in [0.717, 1.165) is 0 Å². The van der Waals surface area contributed by atoms with Crippen LogP contribution in [0.3, 0.4) is 0 Å². The number of aliphatic hydroxyl groups excluding tert-OH is 1. The van der Waals surface area contributed by atoms with Gasteiger partial charge in [0.15, 0.2) is 0 Å². The Morgan fingerprint density at radius 2 is 2.00 bits per heavy atom. The molecule has 0 amide bonds. The van der Waals surface area contributed by atoms with Gasteiger partial charge in [0.2, 0.25) is 0 Å². The smallest absolute Gasteiger partial charge is 0.303 e. The number of carbonyl (C=O) groups is 1. The van der Waals surface area contributed by atoms with Gasteiger partial charge < -0.3 is 15.9 Å². The van der Waals surface area contributed by atoms with Crippen LogP contribution >= 0.6 is 0 Å². The van der Waals surface area contributed by atoms with Crippen LogP contribution in [0.1, 0.15) is 26.7 Å². The molecule has 0 aliphatic heterocycles. The lowest BCUT2D eigenvalue weighted by molar-refractivity contribution is -0.137. The van der Waals surface area contributed by atoms with Crippen LogP contribution < -0.4 is 5.73 Å². The topological polar surface area (TPSA) is 83.5 Å². The maximum atomic E-state index is 10.2. The molecule has 0 radical (unpaired) electrons. The Bertz CT molecular complexity index is 147. The average molecular weight is 175 g/mol. The second-order valence-electron chi connectivity index (χ2n) is 3.33. The number of carboxylic acids is 1. The molecule has 2 atom stereocenters. The van der Waals surface area contributed by atoms with Crippen LogP contribution in [-0.2, 0) is 4.79 Å². The molecule has 12 heavy (non-hydrogen) atoms. The molecule has 72 valence electrons. The quantitative estimate of drug-likeness (QED) is 0.557. The van der Waals surface area contributed by atoms with E-state index >= 15 is 0 Å². The highest BCUT2D eigenvalue weighted by atomic mass is 16.4. The molecule has 4 nitrogen and oxygen atoms in total. The lowest BCUT2D eigenvalue weighted by Crippen LogP contribution is -2.38. The fourth-order valence-electron chi connectivity index (χ4n) is 0.955. The largest absolute Gasteiger partial charge is 0.481 e. The predicted octanol–water partition coefficient (Wildman–Crippen LogP) is 0.195. The highest BCUT2D eigenvalue weighted by Crippen LogP contribution is 2.08. The lowest BCUT2D eigenvalue weighted by atomic mass is 9.97. The molecule has 0 aromatic carbocycles. The molecule has 0 fully saturated rings. The van der Waals surface area contributed by atoms with Gasteiger partial charge in [0.1, 0.15) is 0 Å². The Morgan fingerprint density at radius 3 is 2.33 bits per heavy atom. The minimum atomic E-state index is -0.874. The minimum absolute atomic E-state index is 0.0188. The molecule has 0 heterocycles. The van der Waals surface area contributed by atoms with Crippen LogP contribution in [0.4, 0.5) is 0 Å². The number of carboxylic acid groups (broad SMARTS) is 1. The van der Waals surface area contributed by atoms with Gasteiger partial charge in [-0.1, -0.05) is 13.8 Å². The van der Waals surface area contributed by atoms with E-state index in [-0.39, 0.29) is 12.3 Å². The summed E-state index contributed by atoms with van der Waals surface area (Å²) in [4.78, 5) is 10.2. The zero-order valence-corrected chi connectivity index (χ0v) is 7.53. The van der Waals surface area contributed by atoms with Gasteiger partial charge in [0.05, 0.1) is 6.10 Å². The van der Waals surface area contributed by atoms with Gasteiger partial charge in [-0.25, -0.2) is 0 Å². The van der Waals surface area contributed by atoms with E-state index < -0.39 is 18.1 Å². The van der Waals surface area contributed by atoms with Crippen molar-refractivity contribution in [1.29, 1.82) is 0 Å². The van der Waals surface area contributed by atoms with Crippen LogP contribution in [0, 0.1) is 5.92 Å². The van der Waals surface area contributed by atoms with Crippen molar-refractivity contribution >= 4 is 5.97 Å². The number of nitrogens with two attached hydrogens (primary N) is 1. The first-order valence-electron chi connectivity index (χ1n) is 4.10. The molecule has 0 rings (SSSR count). The third-order valence-electron chi connectivity index (χ3n) is 1.81. The fraction of sp³-hybridized carbons (Fsp3) is 0.875. The van der Waals surface area contributed by atoms with E-state index in [2.05, 4.69) is 0 Å². The summed E-state index contributed by atoms with van der Waals surface area (Å²) in [5.74, 6) is -0.796. The first-order valence-corrected chi connectivity index (χ1v) is 4.10. The molecule has 0 aliphatic rings. The molecule has 0 aromatic rings. The summed E-state index contributed by atoms with van der Waals surface area (Å²) in [6, 6.07) is -0.430. The summed E-state index contributed by atoms with van der Waals surface area (Å²) in [6.07, 6.45) is -0.260. The molecular weight excluding hydrogens is 158 g/mol. The fourth-order valence-corrected chi connectivity index (χ4v) is 0.955.